The van der Waals surface area contributed by atoms with E-state index < -0.39 is 0 Å². The Morgan fingerprint density at radius 2 is 2.22 bits per heavy atom. The summed E-state index contributed by atoms with van der Waals surface area (Å²) in [6.45, 7) is 3.82. The van der Waals surface area contributed by atoms with Crippen molar-refractivity contribution in [2.24, 2.45) is 5.73 Å². The number of nitrogens with zero attached hydrogens (tertiary/aromatic N) is 4. The van der Waals surface area contributed by atoms with E-state index in [2.05, 4.69) is 11.0 Å². The normalized spacial score (nSPS) is 17.2. The van der Waals surface area contributed by atoms with Crippen LogP contribution in [0.3, 0.4) is 0 Å². The van der Waals surface area contributed by atoms with Crippen LogP contribution >= 0.6 is 11.3 Å². The van der Waals surface area contributed by atoms with E-state index in [0.717, 1.165) is 35.3 Å². The summed E-state index contributed by atoms with van der Waals surface area (Å²) in [6, 6.07) is 11.6. The van der Waals surface area contributed by atoms with Gasteiger partial charge in [-0.2, -0.15) is 5.26 Å². The van der Waals surface area contributed by atoms with Crippen molar-refractivity contribution in [1.82, 2.24) is 9.55 Å². The zero-order valence-electron chi connectivity index (χ0n) is 15.2. The van der Waals surface area contributed by atoms with Gasteiger partial charge in [0.05, 0.1) is 23.7 Å². The van der Waals surface area contributed by atoms with Gasteiger partial charge < -0.3 is 10.6 Å². The highest BCUT2D eigenvalue weighted by Crippen LogP contribution is 2.25. The van der Waals surface area contributed by atoms with Crippen LogP contribution in [0.2, 0.25) is 0 Å². The molecule has 1 atom stereocenters. The lowest BCUT2D eigenvalue weighted by Crippen LogP contribution is -2.45. The Morgan fingerprint density at radius 1 is 1.41 bits per heavy atom. The first kappa shape index (κ1) is 17.7. The molecule has 138 valence electrons. The maximum absolute atomic E-state index is 13.3. The van der Waals surface area contributed by atoms with Crippen molar-refractivity contribution in [3.05, 3.63) is 56.7 Å². The summed E-state index contributed by atoms with van der Waals surface area (Å²) in [7, 11) is 0. The van der Waals surface area contributed by atoms with Gasteiger partial charge in [0.15, 0.2) is 0 Å². The van der Waals surface area contributed by atoms with Gasteiger partial charge in [0.1, 0.15) is 4.70 Å². The molecule has 1 aliphatic rings. The summed E-state index contributed by atoms with van der Waals surface area (Å²) in [5.74, 6) is 0.646. The Kier molecular flexibility index (Phi) is 4.68. The molecule has 2 aromatic heterocycles. The number of benzene rings is 1. The molecule has 27 heavy (non-hydrogen) atoms. The van der Waals surface area contributed by atoms with Crippen LogP contribution < -0.4 is 16.2 Å². The second kappa shape index (κ2) is 7.14. The lowest BCUT2D eigenvalue weighted by Gasteiger charge is -2.33. The molecule has 1 fully saturated rings. The van der Waals surface area contributed by atoms with Crippen LogP contribution in [0.5, 0.6) is 0 Å². The summed E-state index contributed by atoms with van der Waals surface area (Å²) in [4.78, 5) is 21.3. The predicted octanol–water partition coefficient (Wildman–Crippen LogP) is 2.61. The standard InChI is InChI=1S/C20H21N5OS/c1-13-9-17-18(27-13)19(26)25(11-15-6-3-2-5-14(15)10-21)20(23-17)24-8-4-7-16(22)12-24/h2-3,5-6,9,16H,4,7-8,11-12,22H2,1H3. The first-order valence-corrected chi connectivity index (χ1v) is 9.88. The van der Waals surface area contributed by atoms with E-state index in [1.54, 1.807) is 10.6 Å². The van der Waals surface area contributed by atoms with Crippen LogP contribution in [0.4, 0.5) is 5.95 Å². The van der Waals surface area contributed by atoms with Crippen LogP contribution in [0.25, 0.3) is 10.2 Å². The fourth-order valence-electron chi connectivity index (χ4n) is 3.63. The molecule has 4 rings (SSSR count). The molecule has 0 aliphatic carbocycles. The second-order valence-corrected chi connectivity index (χ2v) is 8.25. The number of fused-ring (bicyclic) bond motifs is 1. The Hall–Kier alpha value is -2.69. The van der Waals surface area contributed by atoms with E-state index in [9.17, 15) is 10.1 Å². The van der Waals surface area contributed by atoms with E-state index in [-0.39, 0.29) is 11.6 Å². The van der Waals surface area contributed by atoms with Gasteiger partial charge in [-0.05, 0) is 37.5 Å². The molecule has 3 heterocycles. The number of aromatic nitrogens is 2. The van der Waals surface area contributed by atoms with Crippen molar-refractivity contribution in [3.8, 4) is 6.07 Å². The van der Waals surface area contributed by atoms with E-state index in [0.29, 0.717) is 29.3 Å². The Labute approximate surface area is 161 Å². The monoisotopic (exact) mass is 379 g/mol. The number of hydrogen-bond acceptors (Lipinski definition) is 6. The van der Waals surface area contributed by atoms with Crippen LogP contribution in [0, 0.1) is 18.3 Å². The first-order valence-electron chi connectivity index (χ1n) is 9.06. The number of piperidine rings is 1. The SMILES string of the molecule is Cc1cc2nc(N3CCCC(N)C3)n(Cc3ccccc3C#N)c(=O)c2s1. The van der Waals surface area contributed by atoms with Crippen molar-refractivity contribution in [3.63, 3.8) is 0 Å². The summed E-state index contributed by atoms with van der Waals surface area (Å²) in [5.41, 5.74) is 8.25. The summed E-state index contributed by atoms with van der Waals surface area (Å²) >= 11 is 1.47. The third-order valence-electron chi connectivity index (χ3n) is 4.94. The predicted molar refractivity (Wildman–Crippen MR) is 108 cm³/mol. The lowest BCUT2D eigenvalue weighted by atomic mass is 10.1. The topological polar surface area (TPSA) is 87.9 Å². The molecule has 0 saturated carbocycles. The van der Waals surface area contributed by atoms with Crippen LogP contribution in [0.1, 0.15) is 28.8 Å². The first-order chi connectivity index (χ1) is 13.1. The van der Waals surface area contributed by atoms with E-state index in [1.165, 1.54) is 11.3 Å². The maximum Gasteiger partial charge on any atom is 0.273 e. The molecule has 1 unspecified atom stereocenters. The largest absolute Gasteiger partial charge is 0.341 e. The second-order valence-electron chi connectivity index (χ2n) is 6.99. The number of anilines is 1. The van der Waals surface area contributed by atoms with Crippen LogP contribution in [-0.2, 0) is 6.54 Å². The highest BCUT2D eigenvalue weighted by atomic mass is 32.1. The van der Waals surface area contributed by atoms with Gasteiger partial charge in [-0.25, -0.2) is 4.98 Å². The van der Waals surface area contributed by atoms with Gasteiger partial charge in [-0.3, -0.25) is 9.36 Å². The van der Waals surface area contributed by atoms with Crippen molar-refractivity contribution in [2.45, 2.75) is 32.4 Å². The maximum atomic E-state index is 13.3. The van der Waals surface area contributed by atoms with E-state index in [4.69, 9.17) is 10.7 Å². The number of thiophene rings is 1. The molecule has 6 nitrogen and oxygen atoms in total. The van der Waals surface area contributed by atoms with Gasteiger partial charge in [0.25, 0.3) is 5.56 Å². The molecule has 3 aromatic rings. The van der Waals surface area contributed by atoms with Gasteiger partial charge in [0, 0.05) is 24.0 Å². The molecule has 1 aromatic carbocycles. The quantitative estimate of drug-likeness (QED) is 0.756. The summed E-state index contributed by atoms with van der Waals surface area (Å²) in [5, 5.41) is 9.42. The number of rotatable bonds is 3. The molecular formula is C20H21N5OS. The third-order valence-corrected chi connectivity index (χ3v) is 5.97. The Morgan fingerprint density at radius 3 is 3.00 bits per heavy atom. The molecular weight excluding hydrogens is 358 g/mol. The van der Waals surface area contributed by atoms with Crippen molar-refractivity contribution in [2.75, 3.05) is 18.0 Å². The minimum atomic E-state index is -0.0556. The average molecular weight is 379 g/mol. The molecule has 7 heteroatoms. The summed E-state index contributed by atoms with van der Waals surface area (Å²) in [6.07, 6.45) is 1.96. The average Bonchev–Trinajstić information content (AvgIpc) is 3.05. The lowest BCUT2D eigenvalue weighted by molar-refractivity contribution is 0.492. The number of nitrogens with two attached hydrogens (primary N) is 1. The zero-order chi connectivity index (χ0) is 19.0. The number of aryl methyl sites for hydroxylation is 1. The van der Waals surface area contributed by atoms with E-state index >= 15 is 0 Å². The third kappa shape index (κ3) is 3.34. The van der Waals surface area contributed by atoms with Gasteiger partial charge in [-0.1, -0.05) is 18.2 Å². The Balaban J connectivity index is 1.88. The fraction of sp³-hybridized carbons (Fsp3) is 0.350. The zero-order valence-corrected chi connectivity index (χ0v) is 16.0. The highest BCUT2D eigenvalue weighted by molar-refractivity contribution is 7.18. The van der Waals surface area contributed by atoms with Crippen molar-refractivity contribution >= 4 is 27.5 Å². The highest BCUT2D eigenvalue weighted by Gasteiger charge is 2.23. The molecule has 0 bridgehead atoms. The molecule has 1 saturated heterocycles. The number of nitriles is 1. The fourth-order valence-corrected chi connectivity index (χ4v) is 4.53. The minimum absolute atomic E-state index is 0.0556. The van der Waals surface area contributed by atoms with Crippen LogP contribution in [0.15, 0.2) is 35.1 Å². The van der Waals surface area contributed by atoms with Crippen LogP contribution in [-0.4, -0.2) is 28.7 Å². The molecule has 2 N–H and O–H groups in total. The molecule has 0 radical (unpaired) electrons. The summed E-state index contributed by atoms with van der Waals surface area (Å²) < 4.78 is 2.36. The molecule has 0 spiro atoms. The minimum Gasteiger partial charge on any atom is -0.341 e. The van der Waals surface area contributed by atoms with Crippen molar-refractivity contribution in [1.29, 1.82) is 5.26 Å². The van der Waals surface area contributed by atoms with Crippen molar-refractivity contribution < 1.29 is 0 Å². The smallest absolute Gasteiger partial charge is 0.273 e. The van der Waals surface area contributed by atoms with E-state index in [1.807, 2.05) is 31.2 Å². The Bertz CT molecular complexity index is 1090. The van der Waals surface area contributed by atoms with Gasteiger partial charge in [-0.15, -0.1) is 11.3 Å². The van der Waals surface area contributed by atoms with Gasteiger partial charge in [0.2, 0.25) is 5.95 Å². The van der Waals surface area contributed by atoms with Gasteiger partial charge >= 0.3 is 0 Å². The number of hydrogen-bond donors (Lipinski definition) is 1. The molecule has 0 amide bonds. The molecule has 1 aliphatic heterocycles.